The van der Waals surface area contributed by atoms with Gasteiger partial charge in [0.1, 0.15) is 11.6 Å². The van der Waals surface area contributed by atoms with Gasteiger partial charge in [-0.3, -0.25) is 0 Å². The number of alkyl halides is 3. The SMILES string of the molecule is Cc1ccc(N2CCOCC2)cc1Nc1cc(Nc2ccccn2)c(C(F)(F)F)cn1. The van der Waals surface area contributed by atoms with Gasteiger partial charge in [-0.05, 0) is 36.8 Å². The van der Waals surface area contributed by atoms with Crippen LogP contribution in [-0.4, -0.2) is 36.3 Å². The summed E-state index contributed by atoms with van der Waals surface area (Å²) in [4.78, 5) is 10.3. The third kappa shape index (κ3) is 5.05. The molecule has 0 radical (unpaired) electrons. The summed E-state index contributed by atoms with van der Waals surface area (Å²) in [6.45, 7) is 4.85. The zero-order valence-electron chi connectivity index (χ0n) is 16.9. The standard InChI is InChI=1S/C22H22F3N5O/c1-15-5-6-16(30-8-10-31-11-9-30)12-18(15)28-21-13-19(17(14-27-21)22(23,24)25)29-20-4-2-3-7-26-20/h2-7,12-14H,8-11H2,1H3,(H2,26,27,28,29). The van der Waals surface area contributed by atoms with Crippen LogP contribution in [0.1, 0.15) is 11.1 Å². The number of aromatic nitrogens is 2. The van der Waals surface area contributed by atoms with E-state index in [1.807, 2.05) is 25.1 Å². The van der Waals surface area contributed by atoms with E-state index in [1.165, 1.54) is 12.3 Å². The second-order valence-corrected chi connectivity index (χ2v) is 7.18. The minimum atomic E-state index is -4.55. The summed E-state index contributed by atoms with van der Waals surface area (Å²) in [7, 11) is 0. The van der Waals surface area contributed by atoms with E-state index in [2.05, 4.69) is 25.5 Å². The lowest BCUT2D eigenvalue weighted by Crippen LogP contribution is -2.36. The fraction of sp³-hybridized carbons (Fsp3) is 0.273. The van der Waals surface area contributed by atoms with E-state index in [0.29, 0.717) is 24.8 Å². The van der Waals surface area contributed by atoms with Gasteiger partial charge in [0.2, 0.25) is 0 Å². The van der Waals surface area contributed by atoms with Crippen molar-refractivity contribution in [2.24, 2.45) is 0 Å². The number of nitrogens with one attached hydrogen (secondary N) is 2. The minimum Gasteiger partial charge on any atom is -0.378 e. The highest BCUT2D eigenvalue weighted by atomic mass is 19.4. The molecule has 1 fully saturated rings. The van der Waals surface area contributed by atoms with E-state index in [-0.39, 0.29) is 5.69 Å². The van der Waals surface area contributed by atoms with Gasteiger partial charge in [-0.25, -0.2) is 9.97 Å². The summed E-state index contributed by atoms with van der Waals surface area (Å²) >= 11 is 0. The van der Waals surface area contributed by atoms with Gasteiger partial charge in [-0.2, -0.15) is 13.2 Å². The van der Waals surface area contributed by atoms with E-state index in [4.69, 9.17) is 4.74 Å². The van der Waals surface area contributed by atoms with Crippen LogP contribution in [-0.2, 0) is 10.9 Å². The minimum absolute atomic E-state index is 0.120. The van der Waals surface area contributed by atoms with Crippen molar-refractivity contribution in [2.45, 2.75) is 13.1 Å². The summed E-state index contributed by atoms with van der Waals surface area (Å²) < 4.78 is 45.9. The highest BCUT2D eigenvalue weighted by Gasteiger charge is 2.34. The second kappa shape index (κ2) is 8.81. The second-order valence-electron chi connectivity index (χ2n) is 7.18. The van der Waals surface area contributed by atoms with E-state index >= 15 is 0 Å². The number of anilines is 5. The number of nitrogens with zero attached hydrogens (tertiary/aromatic N) is 3. The largest absolute Gasteiger partial charge is 0.419 e. The van der Waals surface area contributed by atoms with Crippen LogP contribution >= 0.6 is 0 Å². The molecule has 6 nitrogen and oxygen atoms in total. The van der Waals surface area contributed by atoms with Gasteiger partial charge in [0.15, 0.2) is 0 Å². The van der Waals surface area contributed by atoms with Crippen molar-refractivity contribution in [3.8, 4) is 0 Å². The van der Waals surface area contributed by atoms with E-state index in [0.717, 1.165) is 36.2 Å². The van der Waals surface area contributed by atoms with Gasteiger partial charge in [0, 0.05) is 42.9 Å². The van der Waals surface area contributed by atoms with Gasteiger partial charge in [0.25, 0.3) is 0 Å². The number of pyridine rings is 2. The Morgan fingerprint density at radius 2 is 1.71 bits per heavy atom. The maximum absolute atomic E-state index is 13.5. The molecule has 0 amide bonds. The number of rotatable bonds is 5. The zero-order valence-corrected chi connectivity index (χ0v) is 16.9. The average molecular weight is 429 g/mol. The third-order valence-electron chi connectivity index (χ3n) is 5.00. The predicted octanol–water partition coefficient (Wildman–Crippen LogP) is 5.13. The fourth-order valence-corrected chi connectivity index (χ4v) is 3.33. The number of benzene rings is 1. The van der Waals surface area contributed by atoms with Crippen LogP contribution in [0.3, 0.4) is 0 Å². The van der Waals surface area contributed by atoms with Crippen LogP contribution in [0.4, 0.5) is 41.9 Å². The van der Waals surface area contributed by atoms with Gasteiger partial charge < -0.3 is 20.3 Å². The number of halogens is 3. The first-order chi connectivity index (χ1) is 14.9. The summed E-state index contributed by atoms with van der Waals surface area (Å²) in [5.74, 6) is 0.615. The van der Waals surface area contributed by atoms with Crippen molar-refractivity contribution in [1.29, 1.82) is 0 Å². The first-order valence-electron chi connectivity index (χ1n) is 9.86. The average Bonchev–Trinajstić information content (AvgIpc) is 2.76. The first kappa shape index (κ1) is 20.9. The molecule has 0 saturated carbocycles. The number of hydrogen-bond donors (Lipinski definition) is 2. The summed E-state index contributed by atoms with van der Waals surface area (Å²) in [5.41, 5.74) is 1.78. The van der Waals surface area contributed by atoms with Crippen LogP contribution < -0.4 is 15.5 Å². The Hall–Kier alpha value is -3.33. The van der Waals surface area contributed by atoms with E-state index in [1.54, 1.807) is 18.2 Å². The molecule has 2 aromatic heterocycles. The molecule has 31 heavy (non-hydrogen) atoms. The maximum atomic E-state index is 13.5. The van der Waals surface area contributed by atoms with Crippen molar-refractivity contribution in [1.82, 2.24) is 9.97 Å². The molecule has 3 heterocycles. The Kier molecular flexibility index (Phi) is 5.94. The van der Waals surface area contributed by atoms with Crippen LogP contribution in [0.15, 0.2) is 54.9 Å². The molecular weight excluding hydrogens is 407 g/mol. The number of ether oxygens (including phenoxy) is 1. The smallest absolute Gasteiger partial charge is 0.378 e. The molecular formula is C22H22F3N5O. The molecule has 0 unspecified atom stereocenters. The highest BCUT2D eigenvalue weighted by molar-refractivity contribution is 5.71. The van der Waals surface area contributed by atoms with Crippen LogP contribution in [0.5, 0.6) is 0 Å². The van der Waals surface area contributed by atoms with Gasteiger partial charge in [-0.1, -0.05) is 12.1 Å². The lowest BCUT2D eigenvalue weighted by atomic mass is 10.1. The van der Waals surface area contributed by atoms with E-state index < -0.39 is 11.7 Å². The first-order valence-corrected chi connectivity index (χ1v) is 9.86. The predicted molar refractivity (Wildman–Crippen MR) is 114 cm³/mol. The van der Waals surface area contributed by atoms with E-state index in [9.17, 15) is 13.2 Å². The molecule has 1 aromatic carbocycles. The van der Waals surface area contributed by atoms with Gasteiger partial charge in [0.05, 0.1) is 24.5 Å². The Balaban J connectivity index is 1.63. The Morgan fingerprint density at radius 1 is 0.935 bits per heavy atom. The van der Waals surface area contributed by atoms with Gasteiger partial charge >= 0.3 is 6.18 Å². The lowest BCUT2D eigenvalue weighted by Gasteiger charge is -2.29. The molecule has 1 aliphatic heterocycles. The quantitative estimate of drug-likeness (QED) is 0.587. The molecule has 1 aliphatic rings. The van der Waals surface area contributed by atoms with Crippen LogP contribution in [0, 0.1) is 6.92 Å². The molecule has 3 aromatic rings. The molecule has 2 N–H and O–H groups in total. The monoisotopic (exact) mass is 429 g/mol. The highest BCUT2D eigenvalue weighted by Crippen LogP contribution is 2.37. The molecule has 0 atom stereocenters. The molecule has 0 spiro atoms. The Morgan fingerprint density at radius 3 is 2.42 bits per heavy atom. The van der Waals surface area contributed by atoms with Gasteiger partial charge in [-0.15, -0.1) is 0 Å². The summed E-state index contributed by atoms with van der Waals surface area (Å²) in [6.07, 6.45) is -2.21. The zero-order chi connectivity index (χ0) is 21.8. The topological polar surface area (TPSA) is 62.3 Å². The van der Waals surface area contributed by atoms with Crippen LogP contribution in [0.25, 0.3) is 0 Å². The molecule has 0 bridgehead atoms. The third-order valence-corrected chi connectivity index (χ3v) is 5.00. The van der Waals surface area contributed by atoms with Crippen molar-refractivity contribution >= 4 is 28.7 Å². The van der Waals surface area contributed by atoms with Crippen molar-refractivity contribution in [3.05, 3.63) is 66.0 Å². The van der Waals surface area contributed by atoms with Crippen molar-refractivity contribution in [3.63, 3.8) is 0 Å². The Bertz CT molecular complexity index is 1040. The van der Waals surface area contributed by atoms with Crippen molar-refractivity contribution in [2.75, 3.05) is 41.8 Å². The summed E-state index contributed by atoms with van der Waals surface area (Å²) in [6, 6.07) is 12.3. The molecule has 1 saturated heterocycles. The Labute approximate surface area is 178 Å². The normalized spacial score (nSPS) is 14.4. The fourth-order valence-electron chi connectivity index (χ4n) is 3.33. The number of aryl methyl sites for hydroxylation is 1. The molecule has 4 rings (SSSR count). The van der Waals surface area contributed by atoms with Crippen molar-refractivity contribution < 1.29 is 17.9 Å². The summed E-state index contributed by atoms with van der Waals surface area (Å²) in [5, 5.41) is 5.91. The lowest BCUT2D eigenvalue weighted by molar-refractivity contribution is -0.137. The number of morpholine rings is 1. The number of hydrogen-bond acceptors (Lipinski definition) is 6. The molecule has 0 aliphatic carbocycles. The molecule has 9 heteroatoms. The van der Waals surface area contributed by atoms with Crippen LogP contribution in [0.2, 0.25) is 0 Å². The molecule has 162 valence electrons. The maximum Gasteiger partial charge on any atom is 0.419 e.